The zero-order valence-electron chi connectivity index (χ0n) is 9.05. The van der Waals surface area contributed by atoms with Crippen molar-refractivity contribution < 1.29 is 13.2 Å². The molecule has 0 unspecified atom stereocenters. The van der Waals surface area contributed by atoms with Crippen LogP contribution in [0.1, 0.15) is 11.3 Å². The van der Waals surface area contributed by atoms with Crippen molar-refractivity contribution in [3.8, 4) is 11.3 Å². The van der Waals surface area contributed by atoms with Crippen LogP contribution in [0.25, 0.3) is 11.3 Å². The van der Waals surface area contributed by atoms with Crippen molar-refractivity contribution in [2.45, 2.75) is 12.7 Å². The van der Waals surface area contributed by atoms with Gasteiger partial charge in [0, 0.05) is 17.8 Å². The molecule has 0 fully saturated rings. The molecule has 0 spiro atoms. The molecule has 7 heteroatoms. The van der Waals surface area contributed by atoms with Gasteiger partial charge in [0.25, 0.3) is 0 Å². The van der Waals surface area contributed by atoms with Crippen molar-refractivity contribution >= 4 is 11.6 Å². The first-order valence-electron chi connectivity index (χ1n) is 5.03. The van der Waals surface area contributed by atoms with Gasteiger partial charge in [-0.2, -0.15) is 18.3 Å². The molecule has 0 aliphatic heterocycles. The normalized spacial score (nSPS) is 11.8. The van der Waals surface area contributed by atoms with Crippen molar-refractivity contribution in [3.63, 3.8) is 0 Å². The molecule has 0 saturated carbocycles. The Morgan fingerprint density at radius 3 is 2.56 bits per heavy atom. The second-order valence-corrected chi connectivity index (χ2v) is 4.08. The predicted molar refractivity (Wildman–Crippen MR) is 61.9 cm³/mol. The van der Waals surface area contributed by atoms with Gasteiger partial charge < -0.3 is 5.73 Å². The number of aromatic nitrogens is 2. The number of alkyl halides is 3. The molecule has 2 aromatic rings. The Morgan fingerprint density at radius 1 is 1.28 bits per heavy atom. The lowest BCUT2D eigenvalue weighted by atomic mass is 10.1. The molecule has 0 atom stereocenters. The fourth-order valence-electron chi connectivity index (χ4n) is 1.50. The van der Waals surface area contributed by atoms with E-state index >= 15 is 0 Å². The highest BCUT2D eigenvalue weighted by Gasteiger charge is 2.31. The van der Waals surface area contributed by atoms with Gasteiger partial charge in [-0.3, -0.25) is 5.10 Å². The lowest BCUT2D eigenvalue weighted by molar-refractivity contribution is -0.137. The Bertz CT molecular complexity index is 563. The van der Waals surface area contributed by atoms with Crippen LogP contribution in [0.5, 0.6) is 0 Å². The molecular formula is C11H9ClF3N3. The molecule has 0 aliphatic rings. The van der Waals surface area contributed by atoms with Gasteiger partial charge in [-0.1, -0.05) is 11.6 Å². The highest BCUT2D eigenvalue weighted by atomic mass is 35.5. The summed E-state index contributed by atoms with van der Waals surface area (Å²) in [7, 11) is 0. The fourth-order valence-corrected chi connectivity index (χ4v) is 1.72. The monoisotopic (exact) mass is 275 g/mol. The van der Waals surface area contributed by atoms with Crippen LogP contribution in [0.4, 0.5) is 13.2 Å². The summed E-state index contributed by atoms with van der Waals surface area (Å²) in [4.78, 5) is 0. The number of aromatic amines is 1. The Balaban J connectivity index is 2.49. The summed E-state index contributed by atoms with van der Waals surface area (Å²) < 4.78 is 37.8. The number of H-pyrrole nitrogens is 1. The van der Waals surface area contributed by atoms with E-state index in [-0.39, 0.29) is 17.1 Å². The topological polar surface area (TPSA) is 54.7 Å². The molecule has 0 radical (unpaired) electrons. The van der Waals surface area contributed by atoms with E-state index in [2.05, 4.69) is 10.2 Å². The predicted octanol–water partition coefficient (Wildman–Crippen LogP) is 3.21. The Kier molecular flexibility index (Phi) is 3.32. The molecule has 96 valence electrons. The van der Waals surface area contributed by atoms with Crippen molar-refractivity contribution in [2.24, 2.45) is 5.73 Å². The lowest BCUT2D eigenvalue weighted by Gasteiger charge is -2.08. The van der Waals surface area contributed by atoms with Gasteiger partial charge >= 0.3 is 6.18 Å². The zero-order valence-corrected chi connectivity index (χ0v) is 9.81. The van der Waals surface area contributed by atoms with Gasteiger partial charge in [-0.05, 0) is 24.3 Å². The smallest absolute Gasteiger partial charge is 0.325 e. The third-order valence-corrected chi connectivity index (χ3v) is 2.75. The number of nitrogens with zero attached hydrogens (tertiary/aromatic N) is 1. The second-order valence-electron chi connectivity index (χ2n) is 3.67. The van der Waals surface area contributed by atoms with E-state index < -0.39 is 11.7 Å². The molecule has 18 heavy (non-hydrogen) atoms. The van der Waals surface area contributed by atoms with E-state index in [1.165, 1.54) is 6.07 Å². The summed E-state index contributed by atoms with van der Waals surface area (Å²) in [5, 5.41) is 6.72. The van der Waals surface area contributed by atoms with Crippen LogP contribution < -0.4 is 5.73 Å². The van der Waals surface area contributed by atoms with Crippen LogP contribution in [-0.2, 0) is 12.7 Å². The summed E-state index contributed by atoms with van der Waals surface area (Å²) in [6, 6.07) is 4.68. The highest BCUT2D eigenvalue weighted by molar-refractivity contribution is 6.33. The number of nitrogens with one attached hydrogen (secondary N) is 1. The van der Waals surface area contributed by atoms with E-state index in [4.69, 9.17) is 17.3 Å². The molecule has 2 rings (SSSR count). The minimum absolute atomic E-state index is 0.207. The van der Waals surface area contributed by atoms with Crippen molar-refractivity contribution in [3.05, 3.63) is 40.5 Å². The SMILES string of the molecule is NCc1cc(-c2cc(C(F)(F)F)ccc2Cl)n[nH]1. The average Bonchev–Trinajstić information content (AvgIpc) is 2.76. The molecule has 0 bridgehead atoms. The minimum atomic E-state index is -4.41. The van der Waals surface area contributed by atoms with Crippen LogP contribution >= 0.6 is 11.6 Å². The molecular weight excluding hydrogens is 267 g/mol. The van der Waals surface area contributed by atoms with Crippen LogP contribution in [0, 0.1) is 0 Å². The van der Waals surface area contributed by atoms with Gasteiger partial charge in [0.05, 0.1) is 16.3 Å². The first-order chi connectivity index (χ1) is 8.41. The number of hydrogen-bond donors (Lipinski definition) is 2. The molecule has 3 nitrogen and oxygen atoms in total. The molecule has 0 saturated heterocycles. The first kappa shape index (κ1) is 12.9. The third-order valence-electron chi connectivity index (χ3n) is 2.42. The van der Waals surface area contributed by atoms with E-state index in [9.17, 15) is 13.2 Å². The van der Waals surface area contributed by atoms with Crippen molar-refractivity contribution in [1.29, 1.82) is 0 Å². The third kappa shape index (κ3) is 2.49. The quantitative estimate of drug-likeness (QED) is 0.884. The summed E-state index contributed by atoms with van der Waals surface area (Å²) in [6.07, 6.45) is -4.41. The van der Waals surface area contributed by atoms with Crippen LogP contribution in [0.3, 0.4) is 0 Å². The zero-order chi connectivity index (χ0) is 13.3. The Morgan fingerprint density at radius 2 is 2.00 bits per heavy atom. The Hall–Kier alpha value is -1.53. The average molecular weight is 276 g/mol. The van der Waals surface area contributed by atoms with Crippen LogP contribution in [0.2, 0.25) is 5.02 Å². The number of halogens is 4. The van der Waals surface area contributed by atoms with E-state index in [1.54, 1.807) is 6.07 Å². The van der Waals surface area contributed by atoms with Gasteiger partial charge in [0.1, 0.15) is 0 Å². The van der Waals surface area contributed by atoms with E-state index in [0.29, 0.717) is 11.4 Å². The number of benzene rings is 1. The second kappa shape index (κ2) is 4.62. The maximum Gasteiger partial charge on any atom is 0.416 e. The molecule has 1 aromatic carbocycles. The first-order valence-corrected chi connectivity index (χ1v) is 5.41. The van der Waals surface area contributed by atoms with Gasteiger partial charge in [0.2, 0.25) is 0 Å². The maximum atomic E-state index is 12.6. The van der Waals surface area contributed by atoms with Gasteiger partial charge in [-0.15, -0.1) is 0 Å². The van der Waals surface area contributed by atoms with Crippen LogP contribution in [-0.4, -0.2) is 10.2 Å². The number of hydrogen-bond acceptors (Lipinski definition) is 2. The summed E-state index contributed by atoms with van der Waals surface area (Å²) in [6.45, 7) is 0.226. The van der Waals surface area contributed by atoms with Crippen molar-refractivity contribution in [2.75, 3.05) is 0 Å². The molecule has 1 heterocycles. The highest BCUT2D eigenvalue weighted by Crippen LogP contribution is 2.35. The van der Waals surface area contributed by atoms with Gasteiger partial charge in [0.15, 0.2) is 0 Å². The fraction of sp³-hybridized carbons (Fsp3) is 0.182. The van der Waals surface area contributed by atoms with Crippen LogP contribution in [0.15, 0.2) is 24.3 Å². The molecule has 0 amide bonds. The molecule has 0 aliphatic carbocycles. The van der Waals surface area contributed by atoms with E-state index in [0.717, 1.165) is 12.1 Å². The summed E-state index contributed by atoms with van der Waals surface area (Å²) in [5.41, 5.74) is 5.82. The maximum absolute atomic E-state index is 12.6. The molecule has 1 aromatic heterocycles. The largest absolute Gasteiger partial charge is 0.416 e. The number of nitrogens with two attached hydrogens (primary N) is 1. The van der Waals surface area contributed by atoms with Gasteiger partial charge in [-0.25, -0.2) is 0 Å². The van der Waals surface area contributed by atoms with E-state index in [1.807, 2.05) is 0 Å². The summed E-state index contributed by atoms with van der Waals surface area (Å²) in [5.74, 6) is 0. The summed E-state index contributed by atoms with van der Waals surface area (Å²) >= 11 is 5.88. The minimum Gasteiger partial charge on any atom is -0.325 e. The van der Waals surface area contributed by atoms with Crippen molar-refractivity contribution in [1.82, 2.24) is 10.2 Å². The Labute approximate surface area is 106 Å². The standard InChI is InChI=1S/C11H9ClF3N3/c12-9-2-1-6(11(13,14)15)3-8(9)10-4-7(5-16)17-18-10/h1-4H,5,16H2,(H,17,18). The number of rotatable bonds is 2. The molecule has 3 N–H and O–H groups in total. The lowest BCUT2D eigenvalue weighted by Crippen LogP contribution is -2.04.